The molecule has 1 saturated heterocycles. The summed E-state index contributed by atoms with van der Waals surface area (Å²) in [6.07, 6.45) is 5.29. The molecule has 0 spiro atoms. The minimum atomic E-state index is -0.631. The van der Waals surface area contributed by atoms with Crippen LogP contribution in [0, 0.1) is 0 Å². The highest BCUT2D eigenvalue weighted by molar-refractivity contribution is 5.31. The molecule has 1 unspecified atom stereocenters. The van der Waals surface area contributed by atoms with Crippen molar-refractivity contribution in [1.29, 1.82) is 0 Å². The van der Waals surface area contributed by atoms with Gasteiger partial charge in [0.05, 0.1) is 5.60 Å². The minimum absolute atomic E-state index is 0.456. The molecule has 2 heterocycles. The van der Waals surface area contributed by atoms with Gasteiger partial charge in [-0.1, -0.05) is 0 Å². The molecule has 1 aromatic heterocycles. The molecule has 0 aromatic carbocycles. The van der Waals surface area contributed by atoms with Crippen LogP contribution >= 0.6 is 0 Å². The van der Waals surface area contributed by atoms with E-state index in [1.165, 1.54) is 0 Å². The van der Waals surface area contributed by atoms with Crippen molar-refractivity contribution < 1.29 is 5.11 Å². The summed E-state index contributed by atoms with van der Waals surface area (Å²) in [4.78, 5) is 10.5. The number of anilines is 1. The molecular formula is C11H18N4O. The lowest BCUT2D eigenvalue weighted by molar-refractivity contribution is 0.0444. The Morgan fingerprint density at radius 3 is 2.75 bits per heavy atom. The molecule has 2 rings (SSSR count). The van der Waals surface area contributed by atoms with Crippen LogP contribution in [0.3, 0.4) is 0 Å². The van der Waals surface area contributed by atoms with Gasteiger partial charge in [-0.25, -0.2) is 9.97 Å². The van der Waals surface area contributed by atoms with Crippen LogP contribution in [0.15, 0.2) is 12.4 Å². The first-order valence-electron chi connectivity index (χ1n) is 5.59. The van der Waals surface area contributed by atoms with Gasteiger partial charge in [-0.2, -0.15) is 0 Å². The highest BCUT2D eigenvalue weighted by Crippen LogP contribution is 2.22. The number of rotatable bonds is 2. The van der Waals surface area contributed by atoms with Crippen LogP contribution in [-0.2, 0) is 6.54 Å². The van der Waals surface area contributed by atoms with Crippen molar-refractivity contribution in [3.8, 4) is 0 Å². The van der Waals surface area contributed by atoms with Crippen molar-refractivity contribution >= 4 is 5.95 Å². The van der Waals surface area contributed by atoms with E-state index in [-0.39, 0.29) is 0 Å². The van der Waals surface area contributed by atoms with Gasteiger partial charge >= 0.3 is 0 Å². The molecule has 1 aromatic rings. The quantitative estimate of drug-likeness (QED) is 0.752. The van der Waals surface area contributed by atoms with Gasteiger partial charge in [-0.15, -0.1) is 0 Å². The molecule has 0 radical (unpaired) electrons. The van der Waals surface area contributed by atoms with Gasteiger partial charge in [0.25, 0.3) is 0 Å². The molecule has 1 fully saturated rings. The molecule has 1 atom stereocenters. The second kappa shape index (κ2) is 4.35. The number of nitrogens with two attached hydrogens (primary N) is 1. The van der Waals surface area contributed by atoms with Gasteiger partial charge in [0.2, 0.25) is 5.95 Å². The fraction of sp³-hybridized carbons (Fsp3) is 0.636. The number of piperidine rings is 1. The van der Waals surface area contributed by atoms with Gasteiger partial charge in [-0.05, 0) is 19.8 Å². The standard InChI is InChI=1S/C11H18N4O/c1-11(16)3-2-4-15(8-11)10-13-6-9(5-12)7-14-10/h6-7,16H,2-5,8,12H2,1H3. The zero-order valence-corrected chi connectivity index (χ0v) is 9.56. The smallest absolute Gasteiger partial charge is 0.225 e. The van der Waals surface area contributed by atoms with Crippen molar-refractivity contribution in [3.63, 3.8) is 0 Å². The van der Waals surface area contributed by atoms with Crippen molar-refractivity contribution in [2.75, 3.05) is 18.0 Å². The third-order valence-electron chi connectivity index (χ3n) is 2.89. The minimum Gasteiger partial charge on any atom is -0.388 e. The molecular weight excluding hydrogens is 204 g/mol. The molecule has 3 N–H and O–H groups in total. The van der Waals surface area contributed by atoms with Gasteiger partial charge in [0, 0.05) is 37.6 Å². The fourth-order valence-corrected chi connectivity index (χ4v) is 2.01. The summed E-state index contributed by atoms with van der Waals surface area (Å²) in [5, 5.41) is 9.99. The summed E-state index contributed by atoms with van der Waals surface area (Å²) < 4.78 is 0. The van der Waals surface area contributed by atoms with Gasteiger partial charge < -0.3 is 15.7 Å². The van der Waals surface area contributed by atoms with E-state index in [2.05, 4.69) is 9.97 Å². The van der Waals surface area contributed by atoms with Crippen molar-refractivity contribution in [2.45, 2.75) is 31.9 Å². The monoisotopic (exact) mass is 222 g/mol. The normalized spacial score (nSPS) is 25.8. The summed E-state index contributed by atoms with van der Waals surface area (Å²) in [6.45, 7) is 3.80. The van der Waals surface area contributed by atoms with Crippen LogP contribution in [0.1, 0.15) is 25.3 Å². The lowest BCUT2D eigenvalue weighted by Crippen LogP contribution is -2.46. The third kappa shape index (κ3) is 2.48. The Morgan fingerprint density at radius 1 is 1.50 bits per heavy atom. The Labute approximate surface area is 95.3 Å². The number of aromatic nitrogens is 2. The lowest BCUT2D eigenvalue weighted by atomic mass is 9.95. The first kappa shape index (κ1) is 11.3. The van der Waals surface area contributed by atoms with Crippen LogP contribution < -0.4 is 10.6 Å². The maximum Gasteiger partial charge on any atom is 0.225 e. The second-order valence-corrected chi connectivity index (χ2v) is 4.62. The van der Waals surface area contributed by atoms with E-state index in [1.54, 1.807) is 12.4 Å². The SMILES string of the molecule is CC1(O)CCCN(c2ncc(CN)cn2)C1. The number of hydrogen-bond acceptors (Lipinski definition) is 5. The molecule has 0 saturated carbocycles. The number of β-amino-alcohol motifs (C(OH)–C–C–N with tert-alkyl or cyclic N) is 1. The Bertz CT molecular complexity index is 350. The molecule has 5 heteroatoms. The van der Waals surface area contributed by atoms with Gasteiger partial charge in [0.1, 0.15) is 0 Å². The number of nitrogens with zero attached hydrogens (tertiary/aromatic N) is 3. The number of aliphatic hydroxyl groups is 1. The van der Waals surface area contributed by atoms with E-state index in [0.29, 0.717) is 19.0 Å². The fourth-order valence-electron chi connectivity index (χ4n) is 2.01. The van der Waals surface area contributed by atoms with E-state index >= 15 is 0 Å². The molecule has 16 heavy (non-hydrogen) atoms. The predicted octanol–water partition coefficient (Wildman–Crippen LogP) is 0.286. The molecule has 0 bridgehead atoms. The topological polar surface area (TPSA) is 75.3 Å². The molecule has 0 aliphatic carbocycles. The van der Waals surface area contributed by atoms with Crippen LogP contribution in [0.2, 0.25) is 0 Å². The molecule has 88 valence electrons. The molecule has 0 amide bonds. The van der Waals surface area contributed by atoms with E-state index in [9.17, 15) is 5.11 Å². The molecule has 1 aliphatic rings. The zero-order chi connectivity index (χ0) is 11.6. The summed E-state index contributed by atoms with van der Waals surface area (Å²) in [6, 6.07) is 0. The molecule has 5 nitrogen and oxygen atoms in total. The van der Waals surface area contributed by atoms with Crippen LogP contribution in [0.5, 0.6) is 0 Å². The Balaban J connectivity index is 2.11. The van der Waals surface area contributed by atoms with Crippen LogP contribution in [0.25, 0.3) is 0 Å². The zero-order valence-electron chi connectivity index (χ0n) is 9.56. The maximum atomic E-state index is 9.99. The summed E-state index contributed by atoms with van der Waals surface area (Å²) in [7, 11) is 0. The average molecular weight is 222 g/mol. The lowest BCUT2D eigenvalue weighted by Gasteiger charge is -2.36. The maximum absolute atomic E-state index is 9.99. The van der Waals surface area contributed by atoms with Gasteiger partial charge in [0.15, 0.2) is 0 Å². The van der Waals surface area contributed by atoms with Crippen molar-refractivity contribution in [1.82, 2.24) is 9.97 Å². The summed E-state index contributed by atoms with van der Waals surface area (Å²) in [5.41, 5.74) is 5.78. The van der Waals surface area contributed by atoms with Gasteiger partial charge in [-0.3, -0.25) is 0 Å². The first-order chi connectivity index (χ1) is 7.61. The van der Waals surface area contributed by atoms with E-state index in [4.69, 9.17) is 5.73 Å². The predicted molar refractivity (Wildman–Crippen MR) is 62.0 cm³/mol. The van der Waals surface area contributed by atoms with E-state index in [1.807, 2.05) is 11.8 Å². The summed E-state index contributed by atoms with van der Waals surface area (Å²) in [5.74, 6) is 0.678. The van der Waals surface area contributed by atoms with E-state index in [0.717, 1.165) is 24.9 Å². The highest BCUT2D eigenvalue weighted by Gasteiger charge is 2.29. The number of hydrogen-bond donors (Lipinski definition) is 2. The third-order valence-corrected chi connectivity index (χ3v) is 2.89. The largest absolute Gasteiger partial charge is 0.388 e. The molecule has 1 aliphatic heterocycles. The van der Waals surface area contributed by atoms with Crippen LogP contribution in [0.4, 0.5) is 5.95 Å². The van der Waals surface area contributed by atoms with Crippen molar-refractivity contribution in [2.24, 2.45) is 5.73 Å². The second-order valence-electron chi connectivity index (χ2n) is 4.62. The summed E-state index contributed by atoms with van der Waals surface area (Å²) >= 11 is 0. The highest BCUT2D eigenvalue weighted by atomic mass is 16.3. The Hall–Kier alpha value is -1.20. The van der Waals surface area contributed by atoms with Crippen LogP contribution in [-0.4, -0.2) is 33.8 Å². The Kier molecular flexibility index (Phi) is 3.07. The Morgan fingerprint density at radius 2 is 2.19 bits per heavy atom. The average Bonchev–Trinajstić information content (AvgIpc) is 2.28. The van der Waals surface area contributed by atoms with E-state index < -0.39 is 5.60 Å². The van der Waals surface area contributed by atoms with Crippen molar-refractivity contribution in [3.05, 3.63) is 18.0 Å². The first-order valence-corrected chi connectivity index (χ1v) is 5.59.